The van der Waals surface area contributed by atoms with E-state index in [1.165, 1.54) is 18.6 Å². The predicted octanol–water partition coefficient (Wildman–Crippen LogP) is 3.67. The molecule has 0 saturated heterocycles. The van der Waals surface area contributed by atoms with Crippen molar-refractivity contribution in [1.82, 2.24) is 9.97 Å². The smallest absolute Gasteiger partial charge is 0.227 e. The van der Waals surface area contributed by atoms with Crippen LogP contribution in [0.15, 0.2) is 47.5 Å². The number of fused-ring (bicyclic) bond motifs is 1. The molecule has 4 rings (SSSR count). The number of aryl methyl sites for hydroxylation is 1. The van der Waals surface area contributed by atoms with E-state index >= 15 is 0 Å². The molecule has 1 atom stereocenters. The average Bonchev–Trinajstić information content (AvgIpc) is 2.84. The van der Waals surface area contributed by atoms with E-state index in [-0.39, 0.29) is 23.8 Å². The van der Waals surface area contributed by atoms with E-state index in [2.05, 4.69) is 25.9 Å². The Kier molecular flexibility index (Phi) is 8.15. The number of aromatic nitrogens is 2. The highest BCUT2D eigenvalue weighted by Gasteiger charge is 2.42. The maximum absolute atomic E-state index is 12.9. The third-order valence-electron chi connectivity index (χ3n) is 6.65. The van der Waals surface area contributed by atoms with Gasteiger partial charge in [-0.1, -0.05) is 29.3 Å². The quantitative estimate of drug-likeness (QED) is 0.384. The number of sulfonamides is 1. The molecule has 200 valence electrons. The third kappa shape index (κ3) is 5.86. The van der Waals surface area contributed by atoms with Crippen LogP contribution >= 0.6 is 39.1 Å². The van der Waals surface area contributed by atoms with Gasteiger partial charge in [0.2, 0.25) is 21.8 Å². The number of primary sulfonamides is 1. The van der Waals surface area contributed by atoms with Crippen LogP contribution < -0.4 is 15.8 Å². The molecule has 1 aliphatic rings. The molecular weight excluding hydrogens is 617 g/mol. The number of carbonyl (C=O) groups excluding carboxylic acids is 2. The van der Waals surface area contributed by atoms with E-state index in [1.807, 2.05) is 18.2 Å². The van der Waals surface area contributed by atoms with Crippen LogP contribution in [-0.2, 0) is 38.9 Å². The van der Waals surface area contributed by atoms with Gasteiger partial charge in [0.1, 0.15) is 0 Å². The summed E-state index contributed by atoms with van der Waals surface area (Å²) in [7, 11) is -2.42. The number of primary amides is 1. The lowest BCUT2D eigenvalue weighted by Gasteiger charge is -2.31. The van der Waals surface area contributed by atoms with Gasteiger partial charge in [-0.05, 0) is 69.6 Å². The van der Waals surface area contributed by atoms with Gasteiger partial charge in [-0.3, -0.25) is 19.6 Å². The zero-order valence-corrected chi connectivity index (χ0v) is 24.2. The molecule has 13 heteroatoms. The highest BCUT2D eigenvalue weighted by atomic mass is 79.9. The molecular formula is C25H24BrCl2N5O4S. The summed E-state index contributed by atoms with van der Waals surface area (Å²) in [5.41, 5.74) is 8.13. The fourth-order valence-corrected chi connectivity index (χ4v) is 6.67. The lowest BCUT2D eigenvalue weighted by molar-refractivity contribution is -0.126. The van der Waals surface area contributed by atoms with Crippen molar-refractivity contribution < 1.29 is 18.0 Å². The number of hydrogen-bond acceptors (Lipinski definition) is 6. The summed E-state index contributed by atoms with van der Waals surface area (Å²) in [4.78, 5) is 35.0. The average molecular weight is 641 g/mol. The number of pyridine rings is 2. The Bertz CT molecular complexity index is 1550. The van der Waals surface area contributed by atoms with Crippen LogP contribution in [0.2, 0.25) is 10.0 Å². The first kappa shape index (κ1) is 28.4. The minimum absolute atomic E-state index is 0.0466. The second-order valence-corrected chi connectivity index (χ2v) is 12.6. The van der Waals surface area contributed by atoms with E-state index in [9.17, 15) is 18.0 Å². The summed E-state index contributed by atoms with van der Waals surface area (Å²) < 4.78 is 25.0. The minimum Gasteiger partial charge on any atom is -0.369 e. The molecule has 0 spiro atoms. The van der Waals surface area contributed by atoms with Crippen molar-refractivity contribution in [3.05, 3.63) is 74.2 Å². The maximum Gasteiger partial charge on any atom is 0.227 e. The summed E-state index contributed by atoms with van der Waals surface area (Å²) in [6, 6.07) is 5.63. The van der Waals surface area contributed by atoms with E-state index in [1.54, 1.807) is 18.1 Å². The predicted molar refractivity (Wildman–Crippen MR) is 150 cm³/mol. The summed E-state index contributed by atoms with van der Waals surface area (Å²) in [6.07, 6.45) is 6.67. The molecule has 0 saturated carbocycles. The zero-order valence-electron chi connectivity index (χ0n) is 20.2. The van der Waals surface area contributed by atoms with Crippen molar-refractivity contribution >= 4 is 66.7 Å². The molecule has 1 aromatic carbocycles. The molecule has 2 aromatic heterocycles. The molecule has 9 nitrogen and oxygen atoms in total. The van der Waals surface area contributed by atoms with E-state index in [4.69, 9.17) is 34.1 Å². The molecule has 0 fully saturated rings. The summed E-state index contributed by atoms with van der Waals surface area (Å²) in [5, 5.41) is 5.97. The molecule has 3 heterocycles. The molecule has 0 radical (unpaired) electrons. The largest absolute Gasteiger partial charge is 0.369 e. The lowest BCUT2D eigenvalue weighted by atomic mass is 9.77. The lowest BCUT2D eigenvalue weighted by Crippen LogP contribution is -2.47. The number of rotatable bonds is 8. The fourth-order valence-electron chi connectivity index (χ4n) is 4.74. The Hall–Kier alpha value is -2.57. The van der Waals surface area contributed by atoms with Crippen LogP contribution in [0.5, 0.6) is 0 Å². The van der Waals surface area contributed by atoms with Crippen molar-refractivity contribution in [2.45, 2.75) is 25.7 Å². The van der Waals surface area contributed by atoms with E-state index < -0.39 is 27.1 Å². The topological polar surface area (TPSA) is 149 Å². The van der Waals surface area contributed by atoms with Crippen LogP contribution in [0.4, 0.5) is 5.69 Å². The minimum atomic E-state index is -4.16. The number of nitrogens with zero attached hydrogens (tertiary/aromatic N) is 3. The number of nitrogens with two attached hydrogens (primary N) is 2. The second-order valence-electron chi connectivity index (χ2n) is 9.36. The molecule has 1 unspecified atom stereocenters. The highest BCUT2D eigenvalue weighted by molar-refractivity contribution is 9.10. The summed E-state index contributed by atoms with van der Waals surface area (Å²) >= 11 is 16.5. The molecule has 0 aliphatic carbocycles. The van der Waals surface area contributed by atoms with Crippen LogP contribution in [0.1, 0.15) is 23.1 Å². The van der Waals surface area contributed by atoms with E-state index in [0.717, 1.165) is 16.8 Å². The van der Waals surface area contributed by atoms with Gasteiger partial charge in [-0.2, -0.15) is 0 Å². The first-order valence-electron chi connectivity index (χ1n) is 11.4. The second kappa shape index (κ2) is 10.9. The number of anilines is 1. The number of halogens is 3. The van der Waals surface area contributed by atoms with Gasteiger partial charge in [0, 0.05) is 49.5 Å². The third-order valence-corrected chi connectivity index (χ3v) is 9.33. The van der Waals surface area contributed by atoms with Crippen molar-refractivity contribution in [3.63, 3.8) is 0 Å². The summed E-state index contributed by atoms with van der Waals surface area (Å²) in [6.45, 7) is 0. The Balaban J connectivity index is 1.78. The number of amides is 2. The van der Waals surface area contributed by atoms with Crippen molar-refractivity contribution in [3.8, 4) is 11.1 Å². The standard InChI is InChI=1S/C25H24BrCl2N5O4S/c1-33-20-4-2-14(6-15(20)3-5-21(33)34)18-11-31-9-16(22(18)27)7-25(24(29)35,13-38(30,36)37)8-17-10-32-12-19(26)23(17)28/h2,4,6,9-12H,3,5,7-8,13H2,1H3,(H2,29,35)(H2,30,36,37). The zero-order chi connectivity index (χ0) is 27.8. The van der Waals surface area contributed by atoms with Gasteiger partial charge in [0.25, 0.3) is 0 Å². The Morgan fingerprint density at radius 3 is 2.34 bits per heavy atom. The van der Waals surface area contributed by atoms with Gasteiger partial charge in [-0.15, -0.1) is 0 Å². The molecule has 2 amide bonds. The molecule has 3 aromatic rings. The summed E-state index contributed by atoms with van der Waals surface area (Å²) in [5.74, 6) is -1.58. The molecule has 38 heavy (non-hydrogen) atoms. The fraction of sp³-hybridized carbons (Fsp3) is 0.280. The Morgan fingerprint density at radius 2 is 1.71 bits per heavy atom. The molecule has 4 N–H and O–H groups in total. The Morgan fingerprint density at radius 1 is 1.08 bits per heavy atom. The monoisotopic (exact) mass is 639 g/mol. The first-order chi connectivity index (χ1) is 17.8. The van der Waals surface area contributed by atoms with Crippen LogP contribution in [-0.4, -0.2) is 43.0 Å². The highest BCUT2D eigenvalue weighted by Crippen LogP contribution is 2.39. The molecule has 1 aliphatic heterocycles. The normalized spacial score (nSPS) is 15.2. The maximum atomic E-state index is 12.9. The van der Waals surface area contributed by atoms with Crippen molar-refractivity contribution in [2.24, 2.45) is 16.3 Å². The van der Waals surface area contributed by atoms with Crippen LogP contribution in [0, 0.1) is 5.41 Å². The van der Waals surface area contributed by atoms with Crippen LogP contribution in [0.3, 0.4) is 0 Å². The number of hydrogen-bond donors (Lipinski definition) is 2. The SMILES string of the molecule is CN1C(=O)CCc2cc(-c3cncc(CC(Cc4cncc(Br)c4Cl)(CS(N)(=O)=O)C(N)=O)c3Cl)ccc21. The van der Waals surface area contributed by atoms with Crippen LogP contribution in [0.25, 0.3) is 11.1 Å². The number of carbonyl (C=O) groups is 2. The first-order valence-corrected chi connectivity index (χ1v) is 14.7. The van der Waals surface area contributed by atoms with Gasteiger partial charge < -0.3 is 10.6 Å². The van der Waals surface area contributed by atoms with Gasteiger partial charge in [-0.25, -0.2) is 13.6 Å². The van der Waals surface area contributed by atoms with Gasteiger partial charge in [0.15, 0.2) is 0 Å². The number of benzene rings is 1. The van der Waals surface area contributed by atoms with Crippen molar-refractivity contribution in [1.29, 1.82) is 0 Å². The van der Waals surface area contributed by atoms with Gasteiger partial charge >= 0.3 is 0 Å². The van der Waals surface area contributed by atoms with Crippen molar-refractivity contribution in [2.75, 3.05) is 17.7 Å². The van der Waals surface area contributed by atoms with Gasteiger partial charge in [0.05, 0.1) is 25.7 Å². The Labute approximate surface area is 238 Å². The molecule has 0 bridgehead atoms. The van der Waals surface area contributed by atoms with E-state index in [0.29, 0.717) is 39.0 Å².